The summed E-state index contributed by atoms with van der Waals surface area (Å²) in [5, 5.41) is 9.58. The molecule has 0 aromatic carbocycles. The first-order valence-corrected chi connectivity index (χ1v) is 7.45. The van der Waals surface area contributed by atoms with Gasteiger partial charge in [-0.3, -0.25) is 0 Å². The molecule has 0 spiro atoms. The maximum atomic E-state index is 5.88. The fourth-order valence-corrected chi connectivity index (χ4v) is 2.77. The molecule has 24 heavy (non-hydrogen) atoms. The van der Waals surface area contributed by atoms with E-state index < -0.39 is 0 Å². The van der Waals surface area contributed by atoms with Gasteiger partial charge >= 0.3 is 0 Å². The number of nitrogens with one attached hydrogen (secondary N) is 1. The van der Waals surface area contributed by atoms with E-state index in [2.05, 4.69) is 20.4 Å². The Morgan fingerprint density at radius 1 is 1.12 bits per heavy atom. The van der Waals surface area contributed by atoms with Crippen LogP contribution in [0.25, 0.3) is 27.5 Å². The summed E-state index contributed by atoms with van der Waals surface area (Å²) in [6.07, 6.45) is 5.37. The van der Waals surface area contributed by atoms with Crippen LogP contribution < -0.4 is 15.8 Å². The van der Waals surface area contributed by atoms with Gasteiger partial charge in [0.15, 0.2) is 0 Å². The standard InChI is InChI=1S/C17H16N6O/c1-19-17-14-8-20-16(18)6-12(14)13(7-21-17)15-5-10-3-4-11(24-2)9-23(10)22-15/h3-9H,1-2H3,(H2,18,20)(H,19,21). The Labute approximate surface area is 138 Å². The van der Waals surface area contributed by atoms with Gasteiger partial charge in [-0.1, -0.05) is 0 Å². The van der Waals surface area contributed by atoms with Crippen molar-refractivity contribution in [2.75, 3.05) is 25.2 Å². The largest absolute Gasteiger partial charge is 0.495 e. The van der Waals surface area contributed by atoms with E-state index in [0.29, 0.717) is 5.82 Å². The number of nitrogen functional groups attached to an aromatic ring is 1. The number of pyridine rings is 3. The number of anilines is 2. The molecule has 4 rings (SSSR count). The lowest BCUT2D eigenvalue weighted by Gasteiger charge is -2.08. The topological polar surface area (TPSA) is 90.4 Å². The quantitative estimate of drug-likeness (QED) is 0.603. The predicted octanol–water partition coefficient (Wildman–Crippen LogP) is 2.58. The number of hydrogen-bond donors (Lipinski definition) is 2. The minimum Gasteiger partial charge on any atom is -0.495 e. The Hall–Kier alpha value is -3.35. The lowest BCUT2D eigenvalue weighted by Crippen LogP contribution is -1.98. The summed E-state index contributed by atoms with van der Waals surface area (Å²) in [6, 6.07) is 7.72. The lowest BCUT2D eigenvalue weighted by molar-refractivity contribution is 0.411. The van der Waals surface area contributed by atoms with Crippen molar-refractivity contribution in [1.29, 1.82) is 0 Å². The first-order chi connectivity index (χ1) is 11.7. The van der Waals surface area contributed by atoms with Crippen LogP contribution in [0.5, 0.6) is 5.75 Å². The molecule has 0 aliphatic carbocycles. The summed E-state index contributed by atoms with van der Waals surface area (Å²) in [5.41, 5.74) is 8.57. The van der Waals surface area contributed by atoms with Crippen LogP contribution >= 0.6 is 0 Å². The van der Waals surface area contributed by atoms with E-state index in [-0.39, 0.29) is 0 Å². The second-order valence-electron chi connectivity index (χ2n) is 5.39. The molecule has 4 aromatic heterocycles. The van der Waals surface area contributed by atoms with E-state index in [9.17, 15) is 0 Å². The monoisotopic (exact) mass is 320 g/mol. The van der Waals surface area contributed by atoms with E-state index in [1.165, 1.54) is 0 Å². The first kappa shape index (κ1) is 14.3. The normalized spacial score (nSPS) is 11.1. The maximum Gasteiger partial charge on any atom is 0.137 e. The zero-order valence-electron chi connectivity index (χ0n) is 13.3. The van der Waals surface area contributed by atoms with Crippen LogP contribution in [0.1, 0.15) is 0 Å². The molecule has 7 heteroatoms. The second-order valence-corrected chi connectivity index (χ2v) is 5.39. The number of ether oxygens (including phenoxy) is 1. The molecule has 7 nitrogen and oxygen atoms in total. The van der Waals surface area contributed by atoms with Gasteiger partial charge in [0, 0.05) is 35.8 Å². The van der Waals surface area contributed by atoms with Gasteiger partial charge in [0.25, 0.3) is 0 Å². The molecule has 0 aliphatic rings. The van der Waals surface area contributed by atoms with E-state index in [1.807, 2.05) is 37.5 Å². The van der Waals surface area contributed by atoms with Gasteiger partial charge in [0.2, 0.25) is 0 Å². The van der Waals surface area contributed by atoms with Crippen LogP contribution in [0.2, 0.25) is 0 Å². The number of fused-ring (bicyclic) bond motifs is 2. The summed E-state index contributed by atoms with van der Waals surface area (Å²) in [4.78, 5) is 8.64. The van der Waals surface area contributed by atoms with Crippen molar-refractivity contribution in [1.82, 2.24) is 19.6 Å². The zero-order valence-corrected chi connectivity index (χ0v) is 13.3. The molecular weight excluding hydrogens is 304 g/mol. The van der Waals surface area contributed by atoms with Crippen molar-refractivity contribution in [2.45, 2.75) is 0 Å². The third kappa shape index (κ3) is 2.18. The Balaban J connectivity index is 1.97. The molecule has 0 bridgehead atoms. The summed E-state index contributed by atoms with van der Waals surface area (Å²) >= 11 is 0. The van der Waals surface area contributed by atoms with Gasteiger partial charge in [-0.15, -0.1) is 0 Å². The molecular formula is C17H16N6O. The fourth-order valence-electron chi connectivity index (χ4n) is 2.77. The minimum absolute atomic E-state index is 0.461. The van der Waals surface area contributed by atoms with Gasteiger partial charge in [0.05, 0.1) is 24.5 Å². The van der Waals surface area contributed by atoms with E-state index in [4.69, 9.17) is 10.5 Å². The minimum atomic E-state index is 0.461. The van der Waals surface area contributed by atoms with Crippen molar-refractivity contribution in [3.63, 3.8) is 0 Å². The van der Waals surface area contributed by atoms with Gasteiger partial charge in [-0.05, 0) is 24.3 Å². The molecule has 0 saturated carbocycles. The smallest absolute Gasteiger partial charge is 0.137 e. The highest BCUT2D eigenvalue weighted by molar-refractivity contribution is 6.02. The SMILES string of the molecule is CNc1ncc(-c2cc3ccc(OC)cn3n2)c2cc(N)ncc12. The number of nitrogens with two attached hydrogens (primary N) is 1. The molecule has 0 unspecified atom stereocenters. The molecule has 120 valence electrons. The van der Waals surface area contributed by atoms with E-state index in [1.54, 1.807) is 24.0 Å². The summed E-state index contributed by atoms with van der Waals surface area (Å²) in [6.45, 7) is 0. The average Bonchev–Trinajstić information content (AvgIpc) is 3.03. The number of rotatable bonds is 3. The second kappa shape index (κ2) is 5.38. The molecule has 4 heterocycles. The van der Waals surface area contributed by atoms with Crippen LogP contribution in [-0.2, 0) is 0 Å². The average molecular weight is 320 g/mol. The number of methoxy groups -OCH3 is 1. The highest BCUT2D eigenvalue weighted by atomic mass is 16.5. The van der Waals surface area contributed by atoms with E-state index in [0.717, 1.165) is 39.1 Å². The maximum absolute atomic E-state index is 5.88. The fraction of sp³-hybridized carbons (Fsp3) is 0.118. The van der Waals surface area contributed by atoms with Crippen LogP contribution in [0.15, 0.2) is 42.9 Å². The highest BCUT2D eigenvalue weighted by Crippen LogP contribution is 2.32. The molecule has 0 aliphatic heterocycles. The first-order valence-electron chi connectivity index (χ1n) is 7.45. The molecule has 0 radical (unpaired) electrons. The lowest BCUT2D eigenvalue weighted by atomic mass is 10.1. The van der Waals surface area contributed by atoms with Crippen molar-refractivity contribution < 1.29 is 4.74 Å². The Morgan fingerprint density at radius 3 is 2.79 bits per heavy atom. The third-order valence-electron chi connectivity index (χ3n) is 3.97. The van der Waals surface area contributed by atoms with Gasteiger partial charge < -0.3 is 15.8 Å². The van der Waals surface area contributed by atoms with E-state index >= 15 is 0 Å². The molecule has 0 amide bonds. The summed E-state index contributed by atoms with van der Waals surface area (Å²) in [7, 11) is 3.46. The number of hydrogen-bond acceptors (Lipinski definition) is 6. The molecule has 3 N–H and O–H groups in total. The van der Waals surface area contributed by atoms with Gasteiger partial charge in [0.1, 0.15) is 17.4 Å². The van der Waals surface area contributed by atoms with Crippen molar-refractivity contribution >= 4 is 27.9 Å². The molecule has 0 saturated heterocycles. The summed E-state index contributed by atoms with van der Waals surface area (Å²) in [5.74, 6) is 1.97. The number of nitrogens with zero attached hydrogens (tertiary/aromatic N) is 4. The van der Waals surface area contributed by atoms with Crippen LogP contribution in [0.3, 0.4) is 0 Å². The van der Waals surface area contributed by atoms with Crippen LogP contribution in [-0.4, -0.2) is 33.7 Å². The molecule has 4 aromatic rings. The van der Waals surface area contributed by atoms with Crippen molar-refractivity contribution in [3.8, 4) is 17.0 Å². The molecule has 0 atom stereocenters. The highest BCUT2D eigenvalue weighted by Gasteiger charge is 2.13. The van der Waals surface area contributed by atoms with Crippen LogP contribution in [0.4, 0.5) is 11.6 Å². The third-order valence-corrected chi connectivity index (χ3v) is 3.97. The van der Waals surface area contributed by atoms with Gasteiger partial charge in [-0.2, -0.15) is 5.10 Å². The van der Waals surface area contributed by atoms with Gasteiger partial charge in [-0.25, -0.2) is 14.5 Å². The Bertz CT molecular complexity index is 1060. The number of aromatic nitrogens is 4. The Morgan fingerprint density at radius 2 is 2.00 bits per heavy atom. The summed E-state index contributed by atoms with van der Waals surface area (Å²) < 4.78 is 7.04. The van der Waals surface area contributed by atoms with Crippen molar-refractivity contribution in [3.05, 3.63) is 42.9 Å². The predicted molar refractivity (Wildman–Crippen MR) is 94.2 cm³/mol. The van der Waals surface area contributed by atoms with Crippen LogP contribution in [0, 0.1) is 0 Å². The molecule has 0 fully saturated rings. The Kier molecular flexibility index (Phi) is 3.19. The zero-order chi connectivity index (χ0) is 16.7. The van der Waals surface area contributed by atoms with Crippen molar-refractivity contribution in [2.24, 2.45) is 0 Å².